The van der Waals surface area contributed by atoms with Gasteiger partial charge in [0.1, 0.15) is 0 Å². The molecule has 0 saturated carbocycles. The van der Waals surface area contributed by atoms with E-state index >= 15 is 0 Å². The van der Waals surface area contributed by atoms with Gasteiger partial charge in [-0.05, 0) is 17.4 Å². The summed E-state index contributed by atoms with van der Waals surface area (Å²) >= 11 is 0.733. The van der Waals surface area contributed by atoms with Crippen LogP contribution in [0, 0.1) is 6.07 Å². The van der Waals surface area contributed by atoms with Crippen molar-refractivity contribution in [2.45, 2.75) is 71.1 Å². The standard InChI is InChI=1S/C21H25.C9H4F6.C5H5.2ClH.Zr/c1-20(2,3)16-9-7-14-11-15-8-10-17(21(4,5)6)13-19(15)18(14)12-16;1-5-2-6(8(10,11)12)4-7(3-5)9(13,14)15;1-2-4-5-3-1;;;/h7,9-10,12-13H,11H2,1-6H3;1-4H;1-5H;2*1H;/q-1;;-1;;;+2/p-2. The summed E-state index contributed by atoms with van der Waals surface area (Å²) in [5, 5.41) is 0. The third kappa shape index (κ3) is 10.8. The van der Waals surface area contributed by atoms with Gasteiger partial charge in [0.25, 0.3) is 0 Å². The second kappa shape index (κ2) is 15.5. The fourth-order valence-corrected chi connectivity index (χ4v) is 4.78. The summed E-state index contributed by atoms with van der Waals surface area (Å²) in [5.74, 6) is 0. The van der Waals surface area contributed by atoms with Gasteiger partial charge in [-0.3, -0.25) is 0 Å². The number of hydrogen-bond acceptors (Lipinski definition) is 0. The summed E-state index contributed by atoms with van der Waals surface area (Å²) in [6.07, 6.45) is -8.51. The fraction of sp³-hybridized carbons (Fsp3) is 0.314. The summed E-state index contributed by atoms with van der Waals surface area (Å²) in [6.45, 7) is 13.6. The Morgan fingerprint density at radius 2 is 1.18 bits per heavy atom. The smallest absolute Gasteiger partial charge is 0.172 e. The van der Waals surface area contributed by atoms with Gasteiger partial charge in [0.2, 0.25) is 0 Å². The summed E-state index contributed by atoms with van der Waals surface area (Å²) in [7, 11) is 0. The molecule has 44 heavy (non-hydrogen) atoms. The van der Waals surface area contributed by atoms with E-state index in [0.29, 0.717) is 12.1 Å². The maximum absolute atomic E-state index is 12.3. The molecule has 0 nitrogen and oxygen atoms in total. The first-order valence-corrected chi connectivity index (χ1v) is 14.9. The Morgan fingerprint density at radius 3 is 1.59 bits per heavy atom. The van der Waals surface area contributed by atoms with Gasteiger partial charge in [-0.2, -0.15) is 47.5 Å². The molecule has 1 aliphatic rings. The molecule has 0 aromatic heterocycles. The van der Waals surface area contributed by atoms with Gasteiger partial charge in [0, 0.05) is 0 Å². The minimum Gasteiger partial charge on any atom is -1.00 e. The van der Waals surface area contributed by atoms with E-state index in [4.69, 9.17) is 0 Å². The number of rotatable bonds is 1. The Kier molecular flexibility index (Phi) is 14.0. The molecule has 236 valence electrons. The van der Waals surface area contributed by atoms with Crippen LogP contribution in [0.25, 0.3) is 11.1 Å². The maximum atomic E-state index is 12.3. The molecular weight excluding hydrogens is 697 g/mol. The van der Waals surface area contributed by atoms with Crippen LogP contribution in [0.4, 0.5) is 26.3 Å². The first-order chi connectivity index (χ1) is 19.3. The zero-order chi connectivity index (χ0) is 31.5. The van der Waals surface area contributed by atoms with Crippen LogP contribution >= 0.6 is 0 Å². The minimum atomic E-state index is -4.77. The van der Waals surface area contributed by atoms with Gasteiger partial charge in [0.05, 0.1) is 0 Å². The molecule has 4 aromatic rings. The van der Waals surface area contributed by atoms with Gasteiger partial charge in [-0.1, -0.05) is 76.3 Å². The molecule has 0 heterocycles. The van der Waals surface area contributed by atoms with E-state index in [0.717, 1.165) is 30.7 Å². The maximum Gasteiger partial charge on any atom is -0.172 e. The van der Waals surface area contributed by atoms with Crippen molar-refractivity contribution >= 4 is 3.71 Å². The monoisotopic (exact) mass is 728 g/mol. The average Bonchev–Trinajstić information content (AvgIpc) is 3.58. The van der Waals surface area contributed by atoms with Crippen molar-refractivity contribution in [3.8, 4) is 11.1 Å². The van der Waals surface area contributed by atoms with Crippen molar-refractivity contribution in [1.29, 1.82) is 0 Å². The Bertz CT molecular complexity index is 1400. The third-order valence-corrected chi connectivity index (χ3v) is 7.68. The van der Waals surface area contributed by atoms with Gasteiger partial charge in [0.15, 0.2) is 0 Å². The van der Waals surface area contributed by atoms with Crippen LogP contribution in [0.3, 0.4) is 0 Å². The van der Waals surface area contributed by atoms with Crippen molar-refractivity contribution in [3.63, 3.8) is 0 Å². The molecule has 0 amide bonds. The Balaban J connectivity index is 0.000000374. The summed E-state index contributed by atoms with van der Waals surface area (Å²) in [6, 6.07) is 26.6. The molecular formula is C35H34Cl2F6Zr-2. The van der Waals surface area contributed by atoms with Gasteiger partial charge in [-0.25, -0.2) is 12.1 Å². The van der Waals surface area contributed by atoms with Crippen molar-refractivity contribution in [2.75, 3.05) is 0 Å². The van der Waals surface area contributed by atoms with Crippen molar-refractivity contribution in [3.05, 3.63) is 124 Å². The van der Waals surface area contributed by atoms with E-state index < -0.39 is 23.5 Å². The van der Waals surface area contributed by atoms with Crippen LogP contribution in [0.2, 0.25) is 0 Å². The molecule has 0 saturated heterocycles. The van der Waals surface area contributed by atoms with E-state index in [1.165, 1.54) is 37.1 Å². The van der Waals surface area contributed by atoms with Crippen molar-refractivity contribution in [1.82, 2.24) is 0 Å². The first kappa shape index (κ1) is 39.9. The predicted molar refractivity (Wildman–Crippen MR) is 155 cm³/mol. The van der Waals surface area contributed by atoms with E-state index in [2.05, 4.69) is 77.9 Å². The molecule has 0 spiro atoms. The topological polar surface area (TPSA) is 0 Å². The fourth-order valence-electron chi connectivity index (χ4n) is 4.37. The number of benzene rings is 3. The number of fused-ring (bicyclic) bond motifs is 3. The molecule has 0 N–H and O–H groups in total. The summed E-state index contributed by atoms with van der Waals surface area (Å²) < 4.78 is 75.1. The quantitative estimate of drug-likeness (QED) is 0.176. The predicted octanol–water partition coefficient (Wildman–Crippen LogP) is 4.49. The molecule has 0 radical (unpaired) electrons. The second-order valence-corrected chi connectivity index (χ2v) is 13.0. The van der Waals surface area contributed by atoms with Gasteiger partial charge >= 0.3 is 102 Å². The third-order valence-electron chi connectivity index (χ3n) is 6.86. The van der Waals surface area contributed by atoms with Crippen LogP contribution < -0.4 is 24.8 Å². The zero-order valence-electron chi connectivity index (χ0n) is 25.3. The van der Waals surface area contributed by atoms with Gasteiger partial charge < -0.3 is 24.8 Å². The largest absolute Gasteiger partial charge is 1.00 e. The van der Waals surface area contributed by atoms with Gasteiger partial charge in [-0.15, -0.1) is 5.56 Å². The Morgan fingerprint density at radius 1 is 0.682 bits per heavy atom. The molecule has 9 heteroatoms. The molecule has 5 rings (SSSR count). The number of halogens is 8. The number of alkyl halides is 6. The second-order valence-electron chi connectivity index (χ2n) is 12.3. The van der Waals surface area contributed by atoms with E-state index in [9.17, 15) is 26.3 Å². The van der Waals surface area contributed by atoms with Crippen LogP contribution in [-0.2, 0) is 53.8 Å². The van der Waals surface area contributed by atoms with Crippen LogP contribution in [0.1, 0.15) is 80.5 Å². The van der Waals surface area contributed by atoms with E-state index in [-0.39, 0.29) is 47.3 Å². The molecule has 0 atom stereocenters. The number of hydrogen-bond donors (Lipinski definition) is 0. The van der Waals surface area contributed by atoms with Crippen LogP contribution in [0.15, 0.2) is 78.9 Å². The molecule has 0 fully saturated rings. The normalized spacial score (nSPS) is 12.2. The van der Waals surface area contributed by atoms with E-state index in [1.54, 1.807) is 0 Å². The Labute approximate surface area is 283 Å². The average molecular weight is 731 g/mol. The molecule has 4 aromatic carbocycles. The SMILES string of the molecule is CC(C)(C)c1c[c-]c2c(c1)-c1cc(C(C)(C)C)ccc1C2.FC(F)(F)c1cc([CH]=[Zr+2])cc(C(F)(F)F)c1.[Cl-].[Cl-].c1cc[cH-]c1. The van der Waals surface area contributed by atoms with Crippen molar-refractivity contribution in [2.24, 2.45) is 0 Å². The molecule has 0 aliphatic heterocycles. The molecule has 0 bridgehead atoms. The minimum absolute atomic E-state index is 0. The van der Waals surface area contributed by atoms with Crippen molar-refractivity contribution < 1.29 is 75.4 Å². The summed E-state index contributed by atoms with van der Waals surface area (Å²) in [5.41, 5.74) is 6.13. The zero-order valence-corrected chi connectivity index (χ0v) is 29.3. The molecule has 0 unspecified atom stereocenters. The van der Waals surface area contributed by atoms with Crippen LogP contribution in [-0.4, -0.2) is 3.71 Å². The summed E-state index contributed by atoms with van der Waals surface area (Å²) in [4.78, 5) is 0. The molecule has 1 aliphatic carbocycles. The Hall–Kier alpha value is -2.08. The first-order valence-electron chi connectivity index (χ1n) is 13.5. The van der Waals surface area contributed by atoms with Crippen LogP contribution in [0.5, 0.6) is 0 Å². The van der Waals surface area contributed by atoms with E-state index in [1.807, 2.05) is 30.3 Å².